The Bertz CT molecular complexity index is 830. The van der Waals surface area contributed by atoms with E-state index in [1.54, 1.807) is 11.8 Å². The van der Waals surface area contributed by atoms with E-state index in [1.165, 1.54) is 25.1 Å². The summed E-state index contributed by atoms with van der Waals surface area (Å²) in [7, 11) is 0. The summed E-state index contributed by atoms with van der Waals surface area (Å²) in [6.45, 7) is 4.27. The van der Waals surface area contributed by atoms with Crippen molar-refractivity contribution in [3.05, 3.63) is 35.7 Å². The van der Waals surface area contributed by atoms with Crippen molar-refractivity contribution < 1.29 is 18.5 Å². The maximum Gasteiger partial charge on any atom is 0.321 e. The third kappa shape index (κ3) is 5.02. The summed E-state index contributed by atoms with van der Waals surface area (Å²) in [6.07, 6.45) is 2.32. The Morgan fingerprint density at radius 3 is 2.67 bits per heavy atom. The summed E-state index contributed by atoms with van der Waals surface area (Å²) in [4.78, 5) is 29.4. The molecule has 3 rings (SSSR count). The number of anilines is 2. The zero-order valence-electron chi connectivity index (χ0n) is 15.3. The van der Waals surface area contributed by atoms with Crippen LogP contribution in [0, 0.1) is 18.7 Å². The molecule has 2 aromatic rings. The lowest BCUT2D eigenvalue weighted by atomic mass is 9.94. The smallest absolute Gasteiger partial charge is 0.321 e. The van der Waals surface area contributed by atoms with E-state index in [0.717, 1.165) is 12.8 Å². The van der Waals surface area contributed by atoms with Gasteiger partial charge in [-0.2, -0.15) is 4.98 Å². The van der Waals surface area contributed by atoms with Gasteiger partial charge >= 0.3 is 6.03 Å². The van der Waals surface area contributed by atoms with E-state index in [4.69, 9.17) is 4.52 Å². The highest BCUT2D eigenvalue weighted by Gasteiger charge is 2.25. The number of halogens is 1. The van der Waals surface area contributed by atoms with Gasteiger partial charge in [0, 0.05) is 32.1 Å². The molecule has 144 valence electrons. The molecule has 0 radical (unpaired) electrons. The molecule has 1 aromatic heterocycles. The molecule has 1 fully saturated rings. The maximum absolute atomic E-state index is 14.0. The quantitative estimate of drug-likeness (QED) is 0.856. The molecule has 0 spiro atoms. The Morgan fingerprint density at radius 2 is 2.04 bits per heavy atom. The summed E-state index contributed by atoms with van der Waals surface area (Å²) in [5.74, 6) is 0.780. The normalized spacial score (nSPS) is 14.9. The maximum atomic E-state index is 14.0. The molecule has 3 amide bonds. The third-order valence-corrected chi connectivity index (χ3v) is 4.46. The molecule has 9 heteroatoms. The molecule has 0 saturated carbocycles. The Morgan fingerprint density at radius 1 is 1.30 bits per heavy atom. The fraction of sp³-hybridized carbons (Fsp3) is 0.444. The van der Waals surface area contributed by atoms with E-state index >= 15 is 0 Å². The second-order valence-corrected chi connectivity index (χ2v) is 6.68. The number of rotatable bonds is 4. The first kappa shape index (κ1) is 18.8. The van der Waals surface area contributed by atoms with Gasteiger partial charge in [-0.15, -0.1) is 0 Å². The van der Waals surface area contributed by atoms with Crippen LogP contribution in [-0.2, 0) is 11.2 Å². The lowest BCUT2D eigenvalue weighted by molar-refractivity contribution is -0.114. The molecular formula is C18H22FN5O3. The predicted molar refractivity (Wildman–Crippen MR) is 96.8 cm³/mol. The number of nitrogens with one attached hydrogen (secondary N) is 2. The topological polar surface area (TPSA) is 100 Å². The molecule has 1 saturated heterocycles. The molecular weight excluding hydrogens is 353 g/mol. The van der Waals surface area contributed by atoms with Crippen molar-refractivity contribution in [2.75, 3.05) is 23.7 Å². The van der Waals surface area contributed by atoms with E-state index in [9.17, 15) is 14.0 Å². The lowest BCUT2D eigenvalue weighted by Gasteiger charge is -2.31. The number of nitrogens with zero attached hydrogens (tertiary/aromatic N) is 3. The number of aryl methyl sites for hydroxylation is 1. The van der Waals surface area contributed by atoms with Gasteiger partial charge in [0.25, 0.3) is 0 Å². The van der Waals surface area contributed by atoms with Crippen LogP contribution < -0.4 is 10.6 Å². The monoisotopic (exact) mass is 375 g/mol. The number of hydrogen-bond donors (Lipinski definition) is 2. The number of aromatic nitrogens is 2. The van der Waals surface area contributed by atoms with Crippen LogP contribution >= 0.6 is 0 Å². The summed E-state index contributed by atoms with van der Waals surface area (Å²) in [6, 6.07) is 3.69. The fourth-order valence-electron chi connectivity index (χ4n) is 3.11. The number of likely N-dealkylation sites (tertiary alicyclic amines) is 1. The molecule has 2 heterocycles. The van der Waals surface area contributed by atoms with Gasteiger partial charge in [-0.25, -0.2) is 9.18 Å². The standard InChI is InChI=1S/C18H22FN5O3/c1-11-20-17(27-23-11)9-13-5-7-24(8-6-13)18(26)22-16-10-14(21-12(2)25)3-4-15(16)19/h3-4,10,13H,5-9H2,1-2H3,(H,21,25)(H,22,26). The van der Waals surface area contributed by atoms with Crippen molar-refractivity contribution in [2.45, 2.75) is 33.1 Å². The molecule has 1 aliphatic heterocycles. The molecule has 8 nitrogen and oxygen atoms in total. The minimum atomic E-state index is -0.556. The largest absolute Gasteiger partial charge is 0.339 e. The van der Waals surface area contributed by atoms with Crippen LogP contribution in [0.5, 0.6) is 0 Å². The van der Waals surface area contributed by atoms with Gasteiger partial charge in [0.2, 0.25) is 11.8 Å². The predicted octanol–water partition coefficient (Wildman–Crippen LogP) is 2.96. The molecule has 1 aromatic carbocycles. The number of carbonyl (C=O) groups excluding carboxylic acids is 2. The molecule has 0 atom stereocenters. The second kappa shape index (κ2) is 8.15. The van der Waals surface area contributed by atoms with Gasteiger partial charge in [0.05, 0.1) is 5.69 Å². The molecule has 0 aliphatic carbocycles. The van der Waals surface area contributed by atoms with Crippen LogP contribution in [0.15, 0.2) is 22.7 Å². The first-order valence-electron chi connectivity index (χ1n) is 8.83. The summed E-state index contributed by atoms with van der Waals surface area (Å²) in [5, 5.41) is 8.93. The lowest BCUT2D eigenvalue weighted by Crippen LogP contribution is -2.41. The number of amides is 3. The highest BCUT2D eigenvalue weighted by molar-refractivity contribution is 5.92. The number of piperidine rings is 1. The minimum absolute atomic E-state index is 0.0368. The van der Waals surface area contributed by atoms with E-state index in [-0.39, 0.29) is 17.6 Å². The zero-order chi connectivity index (χ0) is 19.4. The number of urea groups is 1. The van der Waals surface area contributed by atoms with Gasteiger partial charge in [0.15, 0.2) is 5.82 Å². The van der Waals surface area contributed by atoms with E-state index < -0.39 is 5.82 Å². The van der Waals surface area contributed by atoms with Crippen molar-refractivity contribution in [3.63, 3.8) is 0 Å². The van der Waals surface area contributed by atoms with Crippen LogP contribution in [-0.4, -0.2) is 40.1 Å². The van der Waals surface area contributed by atoms with Crippen molar-refractivity contribution in [3.8, 4) is 0 Å². The van der Waals surface area contributed by atoms with Crippen molar-refractivity contribution in [1.29, 1.82) is 0 Å². The average molecular weight is 375 g/mol. The first-order chi connectivity index (χ1) is 12.9. The van der Waals surface area contributed by atoms with Crippen LogP contribution in [0.3, 0.4) is 0 Å². The third-order valence-electron chi connectivity index (χ3n) is 4.46. The van der Waals surface area contributed by atoms with Crippen molar-refractivity contribution in [2.24, 2.45) is 5.92 Å². The zero-order valence-corrected chi connectivity index (χ0v) is 15.3. The Kier molecular flexibility index (Phi) is 5.68. The van der Waals surface area contributed by atoms with Gasteiger partial charge in [-0.1, -0.05) is 5.16 Å². The highest BCUT2D eigenvalue weighted by atomic mass is 19.1. The molecule has 1 aliphatic rings. The second-order valence-electron chi connectivity index (χ2n) is 6.68. The van der Waals surface area contributed by atoms with Crippen molar-refractivity contribution in [1.82, 2.24) is 15.0 Å². The van der Waals surface area contributed by atoms with Gasteiger partial charge < -0.3 is 20.1 Å². The van der Waals surface area contributed by atoms with Crippen molar-refractivity contribution >= 4 is 23.3 Å². The number of carbonyl (C=O) groups is 2. The SMILES string of the molecule is CC(=O)Nc1ccc(F)c(NC(=O)N2CCC(Cc3nc(C)no3)CC2)c1. The Balaban J connectivity index is 1.54. The molecule has 0 bridgehead atoms. The van der Waals surface area contributed by atoms with Gasteiger partial charge in [-0.3, -0.25) is 4.79 Å². The van der Waals surface area contributed by atoms with Crippen LogP contribution in [0.4, 0.5) is 20.6 Å². The van der Waals surface area contributed by atoms with Crippen LogP contribution in [0.2, 0.25) is 0 Å². The molecule has 0 unspecified atom stereocenters. The minimum Gasteiger partial charge on any atom is -0.339 e. The van der Waals surface area contributed by atoms with E-state index in [0.29, 0.717) is 42.8 Å². The van der Waals surface area contributed by atoms with Crippen LogP contribution in [0.1, 0.15) is 31.5 Å². The number of hydrogen-bond acceptors (Lipinski definition) is 5. The van der Waals surface area contributed by atoms with E-state index in [2.05, 4.69) is 20.8 Å². The van der Waals surface area contributed by atoms with Gasteiger partial charge in [0.1, 0.15) is 5.82 Å². The first-order valence-corrected chi connectivity index (χ1v) is 8.83. The van der Waals surface area contributed by atoms with Gasteiger partial charge in [-0.05, 0) is 43.9 Å². The molecule has 2 N–H and O–H groups in total. The average Bonchev–Trinajstić information content (AvgIpc) is 3.03. The van der Waals surface area contributed by atoms with Crippen LogP contribution in [0.25, 0.3) is 0 Å². The summed E-state index contributed by atoms with van der Waals surface area (Å²) >= 11 is 0. The summed E-state index contributed by atoms with van der Waals surface area (Å²) in [5.41, 5.74) is 0.461. The fourth-order valence-corrected chi connectivity index (χ4v) is 3.11. The number of benzene rings is 1. The Hall–Kier alpha value is -2.97. The highest BCUT2D eigenvalue weighted by Crippen LogP contribution is 2.23. The Labute approximate surface area is 156 Å². The summed E-state index contributed by atoms with van der Waals surface area (Å²) < 4.78 is 19.1. The van der Waals surface area contributed by atoms with E-state index in [1.807, 2.05) is 0 Å². The molecule has 27 heavy (non-hydrogen) atoms.